The number of carboxylic acids is 1. The van der Waals surface area contributed by atoms with E-state index in [1.165, 1.54) is 6.33 Å². The highest BCUT2D eigenvalue weighted by atomic mass is 35.5. The number of carboxylic acid groups (broad SMARTS) is 1. The molecule has 0 atom stereocenters. The molecular weight excluding hydrogens is 239 g/mol. The lowest BCUT2D eigenvalue weighted by Crippen LogP contribution is -2.18. The largest absolute Gasteiger partial charge is 0.481 e. The molecule has 0 aliphatic heterocycles. The third-order valence-corrected chi connectivity index (χ3v) is 3.31. The van der Waals surface area contributed by atoms with Gasteiger partial charge in [0.2, 0.25) is 0 Å². The molecular formula is C9H8Cl2N2O2. The zero-order valence-corrected chi connectivity index (χ0v) is 9.22. The SMILES string of the molecule is O=C(O)C1(Cc2c(Cl)ncnc2Cl)CC1. The Bertz CT molecular complexity index is 398. The summed E-state index contributed by atoms with van der Waals surface area (Å²) in [7, 11) is 0. The second-order valence-electron chi connectivity index (χ2n) is 3.70. The van der Waals surface area contributed by atoms with Gasteiger partial charge in [0, 0.05) is 5.56 Å². The lowest BCUT2D eigenvalue weighted by Gasteiger charge is -2.10. The minimum atomic E-state index is -0.807. The lowest BCUT2D eigenvalue weighted by atomic mass is 9.99. The minimum absolute atomic E-state index is 0.238. The van der Waals surface area contributed by atoms with Crippen molar-refractivity contribution in [3.8, 4) is 0 Å². The van der Waals surface area contributed by atoms with Crippen LogP contribution in [0.15, 0.2) is 6.33 Å². The van der Waals surface area contributed by atoms with E-state index < -0.39 is 11.4 Å². The molecule has 0 saturated heterocycles. The van der Waals surface area contributed by atoms with Gasteiger partial charge in [-0.25, -0.2) is 9.97 Å². The Balaban J connectivity index is 2.29. The molecule has 1 aromatic rings. The molecule has 80 valence electrons. The van der Waals surface area contributed by atoms with E-state index in [0.29, 0.717) is 24.8 Å². The fourth-order valence-corrected chi connectivity index (χ4v) is 1.92. The Kier molecular flexibility index (Phi) is 2.56. The zero-order valence-electron chi connectivity index (χ0n) is 7.70. The molecule has 15 heavy (non-hydrogen) atoms. The van der Waals surface area contributed by atoms with E-state index in [4.69, 9.17) is 28.3 Å². The number of aliphatic carboxylic acids is 1. The van der Waals surface area contributed by atoms with Crippen LogP contribution in [0.5, 0.6) is 0 Å². The van der Waals surface area contributed by atoms with Crippen molar-refractivity contribution in [1.29, 1.82) is 0 Å². The summed E-state index contributed by atoms with van der Waals surface area (Å²) in [5.41, 5.74) is -0.168. The van der Waals surface area contributed by atoms with Crippen molar-refractivity contribution in [2.75, 3.05) is 0 Å². The second kappa shape index (κ2) is 3.61. The molecule has 6 heteroatoms. The third-order valence-electron chi connectivity index (χ3n) is 2.66. The van der Waals surface area contributed by atoms with E-state index in [1.807, 2.05) is 0 Å². The van der Waals surface area contributed by atoms with Crippen LogP contribution in [0.4, 0.5) is 0 Å². The molecule has 1 aliphatic rings. The van der Waals surface area contributed by atoms with E-state index in [1.54, 1.807) is 0 Å². The van der Waals surface area contributed by atoms with E-state index in [9.17, 15) is 4.79 Å². The van der Waals surface area contributed by atoms with Crippen LogP contribution in [0.1, 0.15) is 18.4 Å². The van der Waals surface area contributed by atoms with Crippen molar-refractivity contribution in [3.63, 3.8) is 0 Å². The smallest absolute Gasteiger partial charge is 0.309 e. The van der Waals surface area contributed by atoms with Crippen molar-refractivity contribution in [2.45, 2.75) is 19.3 Å². The molecule has 1 fully saturated rings. The minimum Gasteiger partial charge on any atom is -0.481 e. The normalized spacial score (nSPS) is 17.5. The molecule has 1 N–H and O–H groups in total. The van der Waals surface area contributed by atoms with Gasteiger partial charge >= 0.3 is 5.97 Å². The lowest BCUT2D eigenvalue weighted by molar-refractivity contribution is -0.143. The Morgan fingerprint density at radius 3 is 2.33 bits per heavy atom. The van der Waals surface area contributed by atoms with Gasteiger partial charge in [0.1, 0.15) is 16.6 Å². The molecule has 4 nitrogen and oxygen atoms in total. The summed E-state index contributed by atoms with van der Waals surface area (Å²) in [6, 6.07) is 0. The summed E-state index contributed by atoms with van der Waals surface area (Å²) in [5, 5.41) is 9.50. The summed E-state index contributed by atoms with van der Waals surface area (Å²) >= 11 is 11.7. The van der Waals surface area contributed by atoms with Crippen LogP contribution >= 0.6 is 23.2 Å². The molecule has 0 amide bonds. The predicted molar refractivity (Wildman–Crippen MR) is 55.1 cm³/mol. The number of aromatic nitrogens is 2. The molecule has 0 radical (unpaired) electrons. The molecule has 1 saturated carbocycles. The zero-order chi connectivity index (χ0) is 11.1. The maximum Gasteiger partial charge on any atom is 0.309 e. The Hall–Kier alpha value is -0.870. The fourth-order valence-electron chi connectivity index (χ4n) is 1.47. The molecule has 2 rings (SSSR count). The molecule has 1 heterocycles. The highest BCUT2D eigenvalue weighted by molar-refractivity contribution is 6.34. The van der Waals surface area contributed by atoms with E-state index in [0.717, 1.165) is 0 Å². The van der Waals surface area contributed by atoms with E-state index >= 15 is 0 Å². The molecule has 1 aliphatic carbocycles. The van der Waals surface area contributed by atoms with Gasteiger partial charge in [-0.2, -0.15) is 0 Å². The van der Waals surface area contributed by atoms with Crippen molar-refractivity contribution in [3.05, 3.63) is 22.2 Å². The summed E-state index contributed by atoms with van der Waals surface area (Å²) in [6.45, 7) is 0. The van der Waals surface area contributed by atoms with Crippen LogP contribution in [-0.2, 0) is 11.2 Å². The van der Waals surface area contributed by atoms with Crippen LogP contribution in [0.3, 0.4) is 0 Å². The maximum absolute atomic E-state index is 11.0. The molecule has 0 aromatic carbocycles. The van der Waals surface area contributed by atoms with Gasteiger partial charge in [-0.15, -0.1) is 0 Å². The van der Waals surface area contributed by atoms with Crippen molar-refractivity contribution in [2.24, 2.45) is 5.41 Å². The van der Waals surface area contributed by atoms with Gasteiger partial charge in [0.25, 0.3) is 0 Å². The van der Waals surface area contributed by atoms with Crippen LogP contribution in [0.25, 0.3) is 0 Å². The number of rotatable bonds is 3. The van der Waals surface area contributed by atoms with E-state index in [2.05, 4.69) is 9.97 Å². The quantitative estimate of drug-likeness (QED) is 0.831. The molecule has 0 bridgehead atoms. The highest BCUT2D eigenvalue weighted by Crippen LogP contribution is 2.49. The molecule has 0 spiro atoms. The van der Waals surface area contributed by atoms with Crippen molar-refractivity contribution < 1.29 is 9.90 Å². The standard InChI is InChI=1S/C9H8Cl2N2O2/c10-6-5(7(11)13-4-12-6)3-9(1-2-9)8(14)15/h4H,1-3H2,(H,14,15). The highest BCUT2D eigenvalue weighted by Gasteiger charge is 2.50. The number of halogens is 2. The number of nitrogens with zero attached hydrogens (tertiary/aromatic N) is 2. The van der Waals surface area contributed by atoms with E-state index in [-0.39, 0.29) is 10.3 Å². The first kappa shape index (κ1) is 10.6. The number of hydrogen-bond donors (Lipinski definition) is 1. The van der Waals surface area contributed by atoms with Crippen LogP contribution < -0.4 is 0 Å². The Labute approximate surface area is 96.3 Å². The first-order valence-corrected chi connectivity index (χ1v) is 5.19. The van der Waals surface area contributed by atoms with Crippen molar-refractivity contribution >= 4 is 29.2 Å². The van der Waals surface area contributed by atoms with Gasteiger partial charge in [0.05, 0.1) is 5.41 Å². The Morgan fingerprint density at radius 2 is 1.93 bits per heavy atom. The molecule has 0 unspecified atom stereocenters. The summed E-state index contributed by atoms with van der Waals surface area (Å²) in [4.78, 5) is 18.6. The molecule has 1 aromatic heterocycles. The van der Waals surface area contributed by atoms with Gasteiger partial charge in [-0.1, -0.05) is 23.2 Å². The average Bonchev–Trinajstić information content (AvgIpc) is 2.93. The fraction of sp³-hybridized carbons (Fsp3) is 0.444. The van der Waals surface area contributed by atoms with Crippen LogP contribution in [-0.4, -0.2) is 21.0 Å². The summed E-state index contributed by atoms with van der Waals surface area (Å²) < 4.78 is 0. The van der Waals surface area contributed by atoms with Crippen molar-refractivity contribution in [1.82, 2.24) is 9.97 Å². The van der Waals surface area contributed by atoms with Crippen LogP contribution in [0.2, 0.25) is 10.3 Å². The number of hydrogen-bond acceptors (Lipinski definition) is 3. The maximum atomic E-state index is 11.0. The second-order valence-corrected chi connectivity index (χ2v) is 4.41. The van der Waals surface area contributed by atoms with Gasteiger partial charge in [-0.3, -0.25) is 4.79 Å². The summed E-state index contributed by atoms with van der Waals surface area (Å²) in [6.07, 6.45) is 2.88. The first-order chi connectivity index (χ1) is 7.05. The first-order valence-electron chi connectivity index (χ1n) is 4.43. The monoisotopic (exact) mass is 246 g/mol. The number of carbonyl (C=O) groups is 1. The average molecular weight is 247 g/mol. The van der Waals surface area contributed by atoms with Gasteiger partial charge < -0.3 is 5.11 Å². The topological polar surface area (TPSA) is 63.1 Å². The van der Waals surface area contributed by atoms with Gasteiger partial charge in [0.15, 0.2) is 0 Å². The predicted octanol–water partition coefficient (Wildman–Crippen LogP) is 2.19. The third kappa shape index (κ3) is 1.92. The Morgan fingerprint density at radius 1 is 1.40 bits per heavy atom. The summed E-state index contributed by atoms with van der Waals surface area (Å²) in [5.74, 6) is -0.807. The van der Waals surface area contributed by atoms with Crippen LogP contribution in [0, 0.1) is 5.41 Å². The van der Waals surface area contributed by atoms with Gasteiger partial charge in [-0.05, 0) is 19.3 Å².